The summed E-state index contributed by atoms with van der Waals surface area (Å²) in [6, 6.07) is 2.19. The third-order valence-electron chi connectivity index (χ3n) is 3.79. The lowest BCUT2D eigenvalue weighted by atomic mass is 10.0. The molecule has 3 aromatic rings. The normalized spacial score (nSPS) is 14.5. The number of pyridine rings is 1. The van der Waals surface area contributed by atoms with Crippen LogP contribution in [0.4, 0.5) is 0 Å². The fourth-order valence-corrected chi connectivity index (χ4v) is 4.10. The van der Waals surface area contributed by atoms with Crippen LogP contribution in [0.25, 0.3) is 22.3 Å². The summed E-state index contributed by atoms with van der Waals surface area (Å²) in [5, 5.41) is 7.89. The zero-order chi connectivity index (χ0) is 14.2. The van der Waals surface area contributed by atoms with E-state index in [2.05, 4.69) is 33.7 Å². The molecule has 0 saturated carbocycles. The second-order valence-corrected chi connectivity index (χ2v) is 7.05. The molecule has 108 valence electrons. The Kier molecular flexibility index (Phi) is 3.45. The Labute approximate surface area is 131 Å². The van der Waals surface area contributed by atoms with Crippen molar-refractivity contribution in [3.05, 3.63) is 28.2 Å². The van der Waals surface area contributed by atoms with Crippen LogP contribution in [0.5, 0.6) is 0 Å². The van der Waals surface area contributed by atoms with E-state index in [9.17, 15) is 0 Å². The van der Waals surface area contributed by atoms with Crippen LogP contribution in [0.15, 0.2) is 22.0 Å². The first-order chi connectivity index (χ1) is 10.4. The number of nitrogens with one attached hydrogen (secondary N) is 2. The first kappa shape index (κ1) is 13.3. The van der Waals surface area contributed by atoms with Crippen molar-refractivity contribution in [3.8, 4) is 11.3 Å². The minimum atomic E-state index is 0.911. The van der Waals surface area contributed by atoms with Crippen LogP contribution < -0.4 is 5.32 Å². The molecule has 2 N–H and O–H groups in total. The summed E-state index contributed by atoms with van der Waals surface area (Å²) in [6.45, 7) is 4.10. The lowest BCUT2D eigenvalue weighted by molar-refractivity contribution is 0.641. The van der Waals surface area contributed by atoms with Crippen LogP contribution in [-0.4, -0.2) is 27.2 Å². The summed E-state index contributed by atoms with van der Waals surface area (Å²) >= 11 is 3.41. The van der Waals surface area contributed by atoms with Crippen molar-refractivity contribution in [1.29, 1.82) is 0 Å². The van der Waals surface area contributed by atoms with Gasteiger partial charge in [0.1, 0.15) is 5.65 Å². The quantitative estimate of drug-likeness (QED) is 0.727. The van der Waals surface area contributed by atoms with E-state index in [-0.39, 0.29) is 0 Å². The van der Waals surface area contributed by atoms with Crippen molar-refractivity contribution in [2.45, 2.75) is 24.9 Å². The summed E-state index contributed by atoms with van der Waals surface area (Å²) in [4.78, 5) is 12.8. The molecule has 0 bridgehead atoms. The second-order valence-electron chi connectivity index (χ2n) is 5.05. The molecule has 0 atom stereocenters. The van der Waals surface area contributed by atoms with Crippen LogP contribution >= 0.6 is 23.1 Å². The molecule has 4 heterocycles. The van der Waals surface area contributed by atoms with E-state index in [0.29, 0.717) is 0 Å². The van der Waals surface area contributed by atoms with E-state index in [1.807, 2.05) is 5.51 Å². The summed E-state index contributed by atoms with van der Waals surface area (Å²) in [7, 11) is 0. The fourth-order valence-electron chi connectivity index (χ4n) is 2.89. The first-order valence-corrected chi connectivity index (χ1v) is 9.06. The lowest BCUT2D eigenvalue weighted by Gasteiger charge is -2.13. The highest BCUT2D eigenvalue weighted by Crippen LogP contribution is 2.35. The Bertz CT molecular complexity index is 777. The molecule has 3 aromatic heterocycles. The zero-order valence-electron chi connectivity index (χ0n) is 11.8. The summed E-state index contributed by atoms with van der Waals surface area (Å²) in [5.41, 5.74) is 7.85. The third kappa shape index (κ3) is 2.27. The Morgan fingerprint density at radius 1 is 1.43 bits per heavy atom. The van der Waals surface area contributed by atoms with Gasteiger partial charge in [-0.05, 0) is 17.4 Å². The van der Waals surface area contributed by atoms with Crippen molar-refractivity contribution in [1.82, 2.24) is 20.3 Å². The molecular weight excluding hydrogens is 300 g/mol. The Morgan fingerprint density at radius 3 is 3.19 bits per heavy atom. The van der Waals surface area contributed by atoms with Gasteiger partial charge in [0.25, 0.3) is 0 Å². The van der Waals surface area contributed by atoms with Gasteiger partial charge < -0.3 is 10.3 Å². The van der Waals surface area contributed by atoms with Crippen LogP contribution in [0.1, 0.15) is 18.2 Å². The number of nitrogens with zero attached hydrogens (tertiary/aromatic N) is 2. The minimum absolute atomic E-state index is 0.911. The van der Waals surface area contributed by atoms with Gasteiger partial charge in [-0.1, -0.05) is 6.92 Å². The van der Waals surface area contributed by atoms with Gasteiger partial charge in [-0.25, -0.2) is 9.97 Å². The summed E-state index contributed by atoms with van der Waals surface area (Å²) < 4.78 is 0. The number of fused-ring (bicyclic) bond motifs is 3. The van der Waals surface area contributed by atoms with E-state index in [1.165, 1.54) is 22.2 Å². The number of hydrogen-bond donors (Lipinski definition) is 2. The molecule has 0 radical (unpaired) electrons. The van der Waals surface area contributed by atoms with Gasteiger partial charge in [0, 0.05) is 41.5 Å². The number of H-pyrrole nitrogens is 1. The van der Waals surface area contributed by atoms with Gasteiger partial charge >= 0.3 is 0 Å². The Balaban J connectivity index is 2.01. The zero-order valence-corrected chi connectivity index (χ0v) is 13.4. The summed E-state index contributed by atoms with van der Waals surface area (Å²) in [5.74, 6) is 1.02. The average Bonchev–Trinajstić information content (AvgIpc) is 3.14. The molecule has 0 amide bonds. The highest BCUT2D eigenvalue weighted by Gasteiger charge is 2.20. The van der Waals surface area contributed by atoms with Crippen LogP contribution in [-0.2, 0) is 13.0 Å². The second kappa shape index (κ2) is 5.44. The topological polar surface area (TPSA) is 53.6 Å². The number of aromatic nitrogens is 3. The number of thiazole rings is 1. The first-order valence-electron chi connectivity index (χ1n) is 7.13. The smallest absolute Gasteiger partial charge is 0.139 e. The highest BCUT2D eigenvalue weighted by molar-refractivity contribution is 7.99. The molecule has 4 rings (SSSR count). The average molecular weight is 316 g/mol. The fraction of sp³-hybridized carbons (Fsp3) is 0.333. The van der Waals surface area contributed by atoms with Gasteiger partial charge in [0.2, 0.25) is 0 Å². The molecule has 21 heavy (non-hydrogen) atoms. The molecule has 4 nitrogen and oxygen atoms in total. The van der Waals surface area contributed by atoms with Gasteiger partial charge in [-0.3, -0.25) is 0 Å². The standard InChI is InChI=1S/C15H16N4S2/c1-2-21-13-5-9(12-7-20-8-17-12)14-10-6-16-4-3-11(10)18-15(14)19-13/h5,7-8,16H,2-4,6H2,1H3,(H,18,19). The molecular formula is C15H16N4S2. The number of hydrogen-bond acceptors (Lipinski definition) is 5. The summed E-state index contributed by atoms with van der Waals surface area (Å²) in [6.07, 6.45) is 1.04. The van der Waals surface area contributed by atoms with Crippen molar-refractivity contribution in [2.24, 2.45) is 0 Å². The van der Waals surface area contributed by atoms with Crippen molar-refractivity contribution >= 4 is 34.1 Å². The van der Waals surface area contributed by atoms with Crippen LogP contribution in [0.3, 0.4) is 0 Å². The maximum absolute atomic E-state index is 4.80. The van der Waals surface area contributed by atoms with Gasteiger partial charge in [0.15, 0.2) is 0 Å². The van der Waals surface area contributed by atoms with Gasteiger partial charge in [-0.15, -0.1) is 23.1 Å². The monoisotopic (exact) mass is 316 g/mol. The van der Waals surface area contributed by atoms with E-state index in [1.54, 1.807) is 23.1 Å². The number of thioether (sulfide) groups is 1. The molecule has 0 unspecified atom stereocenters. The van der Waals surface area contributed by atoms with Crippen molar-refractivity contribution in [2.75, 3.05) is 12.3 Å². The van der Waals surface area contributed by atoms with Crippen LogP contribution in [0.2, 0.25) is 0 Å². The van der Waals surface area contributed by atoms with Crippen molar-refractivity contribution in [3.63, 3.8) is 0 Å². The molecule has 1 aliphatic heterocycles. The Hall–Kier alpha value is -1.37. The number of rotatable bonds is 3. The maximum Gasteiger partial charge on any atom is 0.139 e. The minimum Gasteiger partial charge on any atom is -0.343 e. The van der Waals surface area contributed by atoms with Crippen LogP contribution in [0, 0.1) is 0 Å². The largest absolute Gasteiger partial charge is 0.343 e. The SMILES string of the molecule is CCSc1cc(-c2cscn2)c2c3c([nH]c2n1)CCNC3. The van der Waals surface area contributed by atoms with Crippen molar-refractivity contribution < 1.29 is 0 Å². The predicted octanol–water partition coefficient (Wildman–Crippen LogP) is 3.44. The molecule has 1 aliphatic rings. The lowest BCUT2D eigenvalue weighted by Crippen LogP contribution is -2.22. The molecule has 0 aromatic carbocycles. The predicted molar refractivity (Wildman–Crippen MR) is 89.0 cm³/mol. The molecule has 0 spiro atoms. The molecule has 0 fully saturated rings. The maximum atomic E-state index is 4.80. The third-order valence-corrected chi connectivity index (χ3v) is 5.17. The Morgan fingerprint density at radius 2 is 2.38 bits per heavy atom. The van der Waals surface area contributed by atoms with E-state index in [0.717, 1.165) is 41.6 Å². The molecule has 0 aliphatic carbocycles. The van der Waals surface area contributed by atoms with Gasteiger partial charge in [0.05, 0.1) is 16.2 Å². The highest BCUT2D eigenvalue weighted by atomic mass is 32.2. The molecule has 0 saturated heterocycles. The number of aromatic amines is 1. The van der Waals surface area contributed by atoms with E-state index >= 15 is 0 Å². The van der Waals surface area contributed by atoms with Gasteiger partial charge in [-0.2, -0.15) is 0 Å². The molecule has 6 heteroatoms. The van der Waals surface area contributed by atoms with E-state index < -0.39 is 0 Å². The van der Waals surface area contributed by atoms with E-state index in [4.69, 9.17) is 4.98 Å².